The topological polar surface area (TPSA) is 71.8 Å². The molecule has 1 saturated carbocycles. The van der Waals surface area contributed by atoms with E-state index in [1.54, 1.807) is 12.7 Å². The van der Waals surface area contributed by atoms with Crippen LogP contribution in [0.3, 0.4) is 0 Å². The number of benzene rings is 1. The molecule has 0 spiro atoms. The molecule has 0 amide bonds. The minimum absolute atomic E-state index is 0.453. The fourth-order valence-electron chi connectivity index (χ4n) is 4.46. The molecule has 30 heavy (non-hydrogen) atoms. The fraction of sp³-hybridized carbons (Fsp3) is 0.391. The number of rotatable bonds is 4. The van der Waals surface area contributed by atoms with E-state index >= 15 is 0 Å². The lowest BCUT2D eigenvalue weighted by Gasteiger charge is -2.33. The maximum Gasteiger partial charge on any atom is 0.159 e. The van der Waals surface area contributed by atoms with Crippen molar-refractivity contribution in [2.24, 2.45) is 7.05 Å². The lowest BCUT2D eigenvalue weighted by molar-refractivity contribution is 0.221. The molecule has 0 saturated heterocycles. The van der Waals surface area contributed by atoms with Crippen LogP contribution in [0, 0.1) is 0 Å². The van der Waals surface area contributed by atoms with Crippen molar-refractivity contribution in [1.82, 2.24) is 29.4 Å². The Kier molecular flexibility index (Phi) is 4.83. The number of hydrogen-bond acceptors (Lipinski definition) is 6. The van der Waals surface area contributed by atoms with Crippen molar-refractivity contribution in [1.29, 1.82) is 0 Å². The third-order valence-electron chi connectivity index (χ3n) is 6.29. The van der Waals surface area contributed by atoms with Crippen LogP contribution in [0.25, 0.3) is 33.2 Å². The van der Waals surface area contributed by atoms with Crippen LogP contribution in [-0.2, 0) is 7.05 Å². The van der Waals surface area contributed by atoms with Crippen molar-refractivity contribution in [3.8, 4) is 11.1 Å². The number of imidazole rings is 1. The van der Waals surface area contributed by atoms with Gasteiger partial charge in [-0.3, -0.25) is 0 Å². The van der Waals surface area contributed by atoms with Crippen molar-refractivity contribution in [3.05, 3.63) is 43.1 Å². The van der Waals surface area contributed by atoms with E-state index in [0.29, 0.717) is 12.1 Å². The minimum atomic E-state index is 0.453. The van der Waals surface area contributed by atoms with Gasteiger partial charge in [0, 0.05) is 36.3 Å². The quantitative estimate of drug-likeness (QED) is 0.560. The third kappa shape index (κ3) is 3.50. The number of hydrogen-bond donors (Lipinski definition) is 1. The fourth-order valence-corrected chi connectivity index (χ4v) is 4.46. The van der Waals surface area contributed by atoms with Crippen molar-refractivity contribution < 1.29 is 0 Å². The van der Waals surface area contributed by atoms with Crippen molar-refractivity contribution in [3.63, 3.8) is 0 Å². The van der Waals surface area contributed by atoms with E-state index in [-0.39, 0.29) is 0 Å². The second-order valence-electron chi connectivity index (χ2n) is 8.49. The van der Waals surface area contributed by atoms with Crippen molar-refractivity contribution >= 4 is 27.9 Å². The molecule has 1 aliphatic rings. The van der Waals surface area contributed by atoms with Gasteiger partial charge in [-0.05, 0) is 63.5 Å². The van der Waals surface area contributed by atoms with Gasteiger partial charge in [-0.25, -0.2) is 19.9 Å². The zero-order chi connectivity index (χ0) is 20.7. The standard InChI is InChI=1S/C23H27N7/c1-29(2)18-7-5-17(6-8-18)28-22-19-10-15(4-9-20(19)25-13-26-22)16-11-21-23(24-12-16)30(3)14-27-21/h4,9-14,17-18H,5-8H2,1-3H3,(H,25,26,28). The zero-order valence-electron chi connectivity index (χ0n) is 17.7. The summed E-state index contributed by atoms with van der Waals surface area (Å²) in [4.78, 5) is 20.4. The van der Waals surface area contributed by atoms with Crippen molar-refractivity contribution in [2.45, 2.75) is 37.8 Å². The first-order valence-corrected chi connectivity index (χ1v) is 10.5. The lowest BCUT2D eigenvalue weighted by atomic mass is 9.90. The Morgan fingerprint density at radius 3 is 2.57 bits per heavy atom. The maximum atomic E-state index is 4.58. The molecule has 1 N–H and O–H groups in total. The molecule has 3 aromatic heterocycles. The summed E-state index contributed by atoms with van der Waals surface area (Å²) in [6.45, 7) is 0. The Balaban J connectivity index is 1.45. The first-order chi connectivity index (χ1) is 14.6. The molecule has 3 heterocycles. The van der Waals surface area contributed by atoms with Gasteiger partial charge in [0.2, 0.25) is 0 Å². The molecule has 5 rings (SSSR count). The summed E-state index contributed by atoms with van der Waals surface area (Å²) < 4.78 is 1.93. The SMILES string of the molecule is CN(C)C1CCC(Nc2ncnc3ccc(-c4cnc5c(c4)ncn5C)cc23)CC1. The molecular weight excluding hydrogens is 374 g/mol. The normalized spacial score (nSPS) is 19.6. The highest BCUT2D eigenvalue weighted by Crippen LogP contribution is 2.30. The monoisotopic (exact) mass is 401 g/mol. The van der Waals surface area contributed by atoms with Crippen molar-refractivity contribution in [2.75, 3.05) is 19.4 Å². The molecule has 1 aliphatic carbocycles. The zero-order valence-corrected chi connectivity index (χ0v) is 17.7. The van der Waals surface area contributed by atoms with Crippen LogP contribution >= 0.6 is 0 Å². The summed E-state index contributed by atoms with van der Waals surface area (Å²) in [5, 5.41) is 4.74. The van der Waals surface area contributed by atoms with Gasteiger partial charge in [-0.15, -0.1) is 0 Å². The largest absolute Gasteiger partial charge is 0.367 e. The number of nitrogens with one attached hydrogen (secondary N) is 1. The molecule has 4 aromatic rings. The van der Waals surface area contributed by atoms with E-state index < -0.39 is 0 Å². The summed E-state index contributed by atoms with van der Waals surface area (Å²) in [6.07, 6.45) is 10.1. The highest BCUT2D eigenvalue weighted by Gasteiger charge is 2.23. The first kappa shape index (κ1) is 18.9. The molecule has 7 heteroatoms. The van der Waals surface area contributed by atoms with Crippen LogP contribution < -0.4 is 5.32 Å². The number of aryl methyl sites for hydroxylation is 1. The van der Waals surface area contributed by atoms with E-state index in [2.05, 4.69) is 68.5 Å². The lowest BCUT2D eigenvalue weighted by Crippen LogP contribution is -2.36. The van der Waals surface area contributed by atoms with Gasteiger partial charge in [0.05, 0.1) is 11.8 Å². The molecule has 1 aromatic carbocycles. The molecule has 154 valence electrons. The predicted molar refractivity (Wildman–Crippen MR) is 120 cm³/mol. The summed E-state index contributed by atoms with van der Waals surface area (Å²) >= 11 is 0. The van der Waals surface area contributed by atoms with E-state index in [1.165, 1.54) is 12.8 Å². The number of nitrogens with zero attached hydrogens (tertiary/aromatic N) is 6. The average Bonchev–Trinajstić information content (AvgIpc) is 3.14. The Bertz CT molecular complexity index is 1190. The van der Waals surface area contributed by atoms with E-state index in [4.69, 9.17) is 0 Å². The number of fused-ring (bicyclic) bond motifs is 2. The second-order valence-corrected chi connectivity index (χ2v) is 8.49. The van der Waals surface area contributed by atoms with Crippen LogP contribution in [0.2, 0.25) is 0 Å². The molecule has 0 radical (unpaired) electrons. The molecule has 0 aliphatic heterocycles. The van der Waals surface area contributed by atoms with Gasteiger partial charge < -0.3 is 14.8 Å². The summed E-state index contributed by atoms with van der Waals surface area (Å²) in [5.74, 6) is 0.919. The number of anilines is 1. The molecule has 0 bridgehead atoms. The summed E-state index contributed by atoms with van der Waals surface area (Å²) in [5.41, 5.74) is 4.88. The van der Waals surface area contributed by atoms with Gasteiger partial charge >= 0.3 is 0 Å². The third-order valence-corrected chi connectivity index (χ3v) is 6.29. The molecule has 0 atom stereocenters. The first-order valence-electron chi connectivity index (χ1n) is 10.5. The van der Waals surface area contributed by atoms with Gasteiger partial charge in [0.1, 0.15) is 17.7 Å². The van der Waals surface area contributed by atoms with Crippen LogP contribution in [0.1, 0.15) is 25.7 Å². The number of aromatic nitrogens is 5. The van der Waals surface area contributed by atoms with Crippen LogP contribution in [0.5, 0.6) is 0 Å². The van der Waals surface area contributed by atoms with E-state index in [0.717, 1.165) is 51.9 Å². The highest BCUT2D eigenvalue weighted by molar-refractivity contribution is 5.93. The van der Waals surface area contributed by atoms with Gasteiger partial charge in [-0.2, -0.15) is 0 Å². The average molecular weight is 402 g/mol. The van der Waals surface area contributed by atoms with E-state index in [9.17, 15) is 0 Å². The Hall–Kier alpha value is -3.06. The maximum absolute atomic E-state index is 4.58. The number of pyridine rings is 1. The minimum Gasteiger partial charge on any atom is -0.367 e. The predicted octanol–water partition coefficient (Wildman–Crippen LogP) is 3.86. The molecular formula is C23H27N7. The van der Waals surface area contributed by atoms with Crippen LogP contribution in [0.4, 0.5) is 5.82 Å². The Morgan fingerprint density at radius 2 is 1.77 bits per heavy atom. The van der Waals surface area contributed by atoms with E-state index in [1.807, 2.05) is 17.8 Å². The Labute approximate surface area is 176 Å². The Morgan fingerprint density at radius 1 is 0.933 bits per heavy atom. The smallest absolute Gasteiger partial charge is 0.159 e. The highest BCUT2D eigenvalue weighted by atomic mass is 15.1. The molecule has 0 unspecified atom stereocenters. The van der Waals surface area contributed by atoms with Crippen LogP contribution in [0.15, 0.2) is 43.1 Å². The molecule has 1 fully saturated rings. The summed E-state index contributed by atoms with van der Waals surface area (Å²) in [7, 11) is 6.31. The van der Waals surface area contributed by atoms with Gasteiger partial charge in [0.15, 0.2) is 5.65 Å². The van der Waals surface area contributed by atoms with Crippen LogP contribution in [-0.4, -0.2) is 55.6 Å². The van der Waals surface area contributed by atoms with Gasteiger partial charge in [-0.1, -0.05) is 6.07 Å². The van der Waals surface area contributed by atoms with Gasteiger partial charge in [0.25, 0.3) is 0 Å². The second kappa shape index (κ2) is 7.65. The molecule has 7 nitrogen and oxygen atoms in total. The summed E-state index contributed by atoms with van der Waals surface area (Å²) in [6, 6.07) is 9.54.